The van der Waals surface area contributed by atoms with Crippen LogP contribution in [-0.4, -0.2) is 47.5 Å². The maximum Gasteiger partial charge on any atom is 0.336 e. The average Bonchev–Trinajstić information content (AvgIpc) is 2.96. The van der Waals surface area contributed by atoms with Crippen molar-refractivity contribution in [1.82, 2.24) is 10.7 Å². The molecule has 20 heavy (non-hydrogen) atoms. The second kappa shape index (κ2) is 6.67. The van der Waals surface area contributed by atoms with E-state index in [-0.39, 0.29) is 18.6 Å². The number of rotatable bonds is 5. The topological polar surface area (TPSA) is 106 Å². The number of benzene rings is 1. The third kappa shape index (κ3) is 3.33. The van der Waals surface area contributed by atoms with E-state index in [1.54, 1.807) is 18.2 Å². The Labute approximate surface area is 116 Å². The Kier molecular flexibility index (Phi) is 4.67. The molecule has 0 amide bonds. The van der Waals surface area contributed by atoms with E-state index in [0.29, 0.717) is 23.8 Å². The lowest BCUT2D eigenvalue weighted by Crippen LogP contribution is -2.31. The highest BCUT2D eigenvalue weighted by molar-refractivity contribution is 6.08. The molecule has 1 aromatic rings. The molecule has 0 unspecified atom stereocenters. The minimum absolute atomic E-state index is 0.117. The third-order valence-electron chi connectivity index (χ3n) is 2.79. The van der Waals surface area contributed by atoms with Crippen molar-refractivity contribution in [2.75, 3.05) is 19.7 Å². The maximum absolute atomic E-state index is 11.2. The fourth-order valence-electron chi connectivity index (χ4n) is 1.87. The molecule has 0 radical (unpaired) electrons. The summed E-state index contributed by atoms with van der Waals surface area (Å²) in [5.41, 5.74) is 3.87. The Hall–Kier alpha value is -2.41. The average molecular weight is 276 g/mol. The van der Waals surface area contributed by atoms with Gasteiger partial charge in [-0.15, -0.1) is 0 Å². The Balaban J connectivity index is 2.27. The largest absolute Gasteiger partial charge is 0.478 e. The second-order valence-electron chi connectivity index (χ2n) is 4.15. The zero-order valence-electron chi connectivity index (χ0n) is 10.8. The molecule has 0 spiro atoms. The first kappa shape index (κ1) is 14.0. The quantitative estimate of drug-likeness (QED) is 0.448. The number of guanidine groups is 1. The zero-order chi connectivity index (χ0) is 14.4. The molecule has 1 heterocycles. The van der Waals surface area contributed by atoms with Gasteiger partial charge in [-0.25, -0.2) is 15.2 Å². The van der Waals surface area contributed by atoms with Gasteiger partial charge in [0.05, 0.1) is 17.8 Å². The van der Waals surface area contributed by atoms with E-state index in [4.69, 9.17) is 5.11 Å². The van der Waals surface area contributed by atoms with Crippen LogP contribution in [0.5, 0.6) is 0 Å². The summed E-state index contributed by atoms with van der Waals surface area (Å²) in [6.07, 6.45) is 0.255. The van der Waals surface area contributed by atoms with Gasteiger partial charge < -0.3 is 15.5 Å². The summed E-state index contributed by atoms with van der Waals surface area (Å²) in [6, 6.07) is 6.57. The molecule has 1 aliphatic heterocycles. The number of nitrogens with zero attached hydrogens (tertiary/aromatic N) is 2. The third-order valence-corrected chi connectivity index (χ3v) is 2.79. The van der Waals surface area contributed by atoms with Crippen molar-refractivity contribution in [3.05, 3.63) is 35.4 Å². The van der Waals surface area contributed by atoms with E-state index in [1.165, 1.54) is 6.07 Å². The Bertz CT molecular complexity index is 554. The molecule has 0 aromatic heterocycles. The molecule has 0 fully saturated rings. The van der Waals surface area contributed by atoms with Crippen LogP contribution in [-0.2, 0) is 0 Å². The molecule has 7 nitrogen and oxygen atoms in total. The smallest absolute Gasteiger partial charge is 0.336 e. The molecule has 0 aliphatic carbocycles. The van der Waals surface area contributed by atoms with Gasteiger partial charge in [0.1, 0.15) is 0 Å². The first-order valence-electron chi connectivity index (χ1n) is 6.27. The van der Waals surface area contributed by atoms with Crippen LogP contribution in [0.1, 0.15) is 22.3 Å². The highest BCUT2D eigenvalue weighted by Gasteiger charge is 2.14. The molecule has 106 valence electrons. The number of hydrogen-bond donors (Lipinski definition) is 4. The first-order valence-corrected chi connectivity index (χ1v) is 6.27. The van der Waals surface area contributed by atoms with E-state index in [1.807, 2.05) is 0 Å². The predicted molar refractivity (Wildman–Crippen MR) is 75.1 cm³/mol. The number of aliphatic hydroxyl groups is 1. The van der Waals surface area contributed by atoms with Gasteiger partial charge in [-0.1, -0.05) is 18.2 Å². The Morgan fingerprint density at radius 2 is 2.15 bits per heavy atom. The van der Waals surface area contributed by atoms with Crippen molar-refractivity contribution in [2.45, 2.75) is 6.42 Å². The van der Waals surface area contributed by atoms with Crippen LogP contribution in [0.25, 0.3) is 0 Å². The van der Waals surface area contributed by atoms with Gasteiger partial charge in [-0.3, -0.25) is 0 Å². The van der Waals surface area contributed by atoms with Gasteiger partial charge in [-0.05, 0) is 6.07 Å². The van der Waals surface area contributed by atoms with Gasteiger partial charge in [0, 0.05) is 25.1 Å². The highest BCUT2D eigenvalue weighted by atomic mass is 16.4. The number of carboxylic acid groups (broad SMARTS) is 1. The van der Waals surface area contributed by atoms with Crippen LogP contribution in [0.3, 0.4) is 0 Å². The molecule has 4 N–H and O–H groups in total. The van der Waals surface area contributed by atoms with Gasteiger partial charge in [0.2, 0.25) is 5.96 Å². The van der Waals surface area contributed by atoms with Crippen molar-refractivity contribution in [3.63, 3.8) is 0 Å². The van der Waals surface area contributed by atoms with Crippen molar-refractivity contribution in [3.8, 4) is 0 Å². The summed E-state index contributed by atoms with van der Waals surface area (Å²) in [5.74, 6) is -0.476. The van der Waals surface area contributed by atoms with Crippen molar-refractivity contribution in [1.29, 1.82) is 0 Å². The summed E-state index contributed by atoms with van der Waals surface area (Å²) in [7, 11) is 0. The van der Waals surface area contributed by atoms with Crippen molar-refractivity contribution >= 4 is 17.6 Å². The van der Waals surface area contributed by atoms with Gasteiger partial charge in [0.25, 0.3) is 0 Å². The van der Waals surface area contributed by atoms with E-state index in [9.17, 15) is 9.90 Å². The lowest BCUT2D eigenvalue weighted by atomic mass is 10.0. The molecule has 0 bridgehead atoms. The first-order chi connectivity index (χ1) is 9.72. The zero-order valence-corrected chi connectivity index (χ0v) is 10.8. The lowest BCUT2D eigenvalue weighted by molar-refractivity contribution is 0.0696. The normalized spacial score (nSPS) is 14.7. The molecule has 0 atom stereocenters. The van der Waals surface area contributed by atoms with E-state index >= 15 is 0 Å². The van der Waals surface area contributed by atoms with E-state index in [0.717, 1.165) is 6.54 Å². The summed E-state index contributed by atoms with van der Waals surface area (Å²) < 4.78 is 0. The molecular formula is C13H16N4O3. The minimum atomic E-state index is -1.03. The molecule has 0 saturated heterocycles. The van der Waals surface area contributed by atoms with E-state index in [2.05, 4.69) is 20.8 Å². The number of carbonyl (C=O) groups is 1. The monoisotopic (exact) mass is 276 g/mol. The summed E-state index contributed by atoms with van der Waals surface area (Å²) >= 11 is 0. The highest BCUT2D eigenvalue weighted by Crippen LogP contribution is 2.12. The minimum Gasteiger partial charge on any atom is -0.478 e. The predicted octanol–water partition coefficient (Wildman–Crippen LogP) is 0.0201. The van der Waals surface area contributed by atoms with Crippen LogP contribution < -0.4 is 10.7 Å². The number of hydrazone groups is 1. The fourth-order valence-corrected chi connectivity index (χ4v) is 1.87. The lowest BCUT2D eigenvalue weighted by Gasteiger charge is -2.09. The molecule has 1 aliphatic rings. The van der Waals surface area contributed by atoms with Crippen LogP contribution in [0.15, 0.2) is 34.4 Å². The number of hydrogen-bond acceptors (Lipinski definition) is 6. The maximum atomic E-state index is 11.2. The summed E-state index contributed by atoms with van der Waals surface area (Å²) in [4.78, 5) is 15.3. The molecule has 2 rings (SSSR count). The number of nitrogens with one attached hydrogen (secondary N) is 2. The molecule has 7 heteroatoms. The van der Waals surface area contributed by atoms with Crippen LogP contribution in [0.4, 0.5) is 0 Å². The second-order valence-corrected chi connectivity index (χ2v) is 4.15. The Morgan fingerprint density at radius 3 is 2.75 bits per heavy atom. The molecule has 0 saturated carbocycles. The molecule has 1 aromatic carbocycles. The SMILES string of the molecule is O=C(O)c1ccccc1C(CCO)=NNC1=NCCN1. The van der Waals surface area contributed by atoms with Crippen LogP contribution in [0, 0.1) is 0 Å². The van der Waals surface area contributed by atoms with Crippen molar-refractivity contribution < 1.29 is 15.0 Å². The molecular weight excluding hydrogens is 260 g/mol. The summed E-state index contributed by atoms with van der Waals surface area (Å²) in [5, 5.41) is 25.5. The standard InChI is InChI=1S/C13H16N4O3/c18-8-5-11(16-17-13-14-6-7-15-13)9-3-1-2-4-10(9)12(19)20/h1-4,18H,5-8H2,(H,19,20)(H2,14,15,17). The number of carboxylic acids is 1. The fraction of sp³-hybridized carbons (Fsp3) is 0.308. The van der Waals surface area contributed by atoms with E-state index < -0.39 is 5.97 Å². The number of aliphatic hydroxyl groups excluding tert-OH is 1. The van der Waals surface area contributed by atoms with Gasteiger partial charge in [-0.2, -0.15) is 5.10 Å². The van der Waals surface area contributed by atoms with Gasteiger partial charge in [0.15, 0.2) is 0 Å². The van der Waals surface area contributed by atoms with Crippen LogP contribution >= 0.6 is 0 Å². The number of aromatic carboxylic acids is 1. The van der Waals surface area contributed by atoms with Gasteiger partial charge >= 0.3 is 5.97 Å². The van der Waals surface area contributed by atoms with Crippen molar-refractivity contribution in [2.24, 2.45) is 10.1 Å². The number of aliphatic imine (C=N–C) groups is 1. The Morgan fingerprint density at radius 1 is 1.40 bits per heavy atom. The van der Waals surface area contributed by atoms with Crippen LogP contribution in [0.2, 0.25) is 0 Å². The summed E-state index contributed by atoms with van der Waals surface area (Å²) in [6.45, 7) is 1.31.